The normalized spacial score (nSPS) is 9.67. The van der Waals surface area contributed by atoms with Crippen LogP contribution < -0.4 is 0 Å². The molecule has 0 fully saturated rings. The highest BCUT2D eigenvalue weighted by Gasteiger charge is 1.92. The van der Waals surface area contributed by atoms with Crippen LogP contribution in [0.2, 0.25) is 0 Å². The lowest BCUT2D eigenvalue weighted by Gasteiger charge is -1.95. The van der Waals surface area contributed by atoms with Crippen LogP contribution in [0.25, 0.3) is 0 Å². The van der Waals surface area contributed by atoms with Gasteiger partial charge in [-0.1, -0.05) is 0 Å². The molecule has 0 unspecified atom stereocenters. The van der Waals surface area contributed by atoms with Gasteiger partial charge in [0.25, 0.3) is 0 Å². The molecule has 0 bridgehead atoms. The summed E-state index contributed by atoms with van der Waals surface area (Å²) in [5, 5.41) is 0. The van der Waals surface area contributed by atoms with Crippen LogP contribution in [0.15, 0.2) is 12.1 Å². The van der Waals surface area contributed by atoms with E-state index in [-0.39, 0.29) is 5.82 Å². The highest BCUT2D eigenvalue weighted by atomic mass is 19.1. The quantitative estimate of drug-likeness (QED) is 0.496. The van der Waals surface area contributed by atoms with Crippen molar-refractivity contribution in [3.05, 3.63) is 35.1 Å². The van der Waals surface area contributed by atoms with Crippen molar-refractivity contribution in [3.63, 3.8) is 0 Å². The summed E-state index contributed by atoms with van der Waals surface area (Å²) in [6.45, 7) is 3.82. The SMILES string of the molecule is Cc1c[c]c(F)cc1C. The van der Waals surface area contributed by atoms with Crippen molar-refractivity contribution in [1.29, 1.82) is 0 Å². The molecular formula is C8H8F. The van der Waals surface area contributed by atoms with Gasteiger partial charge in [-0.15, -0.1) is 0 Å². The van der Waals surface area contributed by atoms with Crippen molar-refractivity contribution in [2.45, 2.75) is 13.8 Å². The topological polar surface area (TPSA) is 0 Å². The number of hydrogen-bond acceptors (Lipinski definition) is 0. The summed E-state index contributed by atoms with van der Waals surface area (Å²) in [6, 6.07) is 5.61. The summed E-state index contributed by atoms with van der Waals surface area (Å²) in [5.74, 6) is -0.280. The van der Waals surface area contributed by atoms with Crippen LogP contribution in [0.3, 0.4) is 0 Å². The molecule has 0 aliphatic rings. The third-order valence-corrected chi connectivity index (χ3v) is 1.39. The van der Waals surface area contributed by atoms with Gasteiger partial charge in [0.05, 0.1) is 0 Å². The average molecular weight is 123 g/mol. The summed E-state index contributed by atoms with van der Waals surface area (Å²) in [7, 11) is 0. The minimum atomic E-state index is -0.280. The first-order valence-electron chi connectivity index (χ1n) is 2.84. The molecule has 0 N–H and O–H groups in total. The van der Waals surface area contributed by atoms with Gasteiger partial charge in [0, 0.05) is 6.07 Å². The Balaban J connectivity index is 3.17. The lowest BCUT2D eigenvalue weighted by atomic mass is 10.1. The average Bonchev–Trinajstić information content (AvgIpc) is 1.80. The summed E-state index contributed by atoms with van der Waals surface area (Å²) in [6.07, 6.45) is 0. The van der Waals surface area contributed by atoms with Gasteiger partial charge in [-0.3, -0.25) is 0 Å². The van der Waals surface area contributed by atoms with Gasteiger partial charge in [-0.2, -0.15) is 0 Å². The van der Waals surface area contributed by atoms with Crippen molar-refractivity contribution in [2.24, 2.45) is 0 Å². The Morgan fingerprint density at radius 1 is 1.33 bits per heavy atom. The lowest BCUT2D eigenvalue weighted by molar-refractivity contribution is 0.624. The third kappa shape index (κ3) is 1.28. The van der Waals surface area contributed by atoms with Crippen LogP contribution >= 0.6 is 0 Å². The first kappa shape index (κ1) is 6.27. The Morgan fingerprint density at radius 2 is 2.00 bits per heavy atom. The van der Waals surface area contributed by atoms with E-state index >= 15 is 0 Å². The minimum absolute atomic E-state index is 0.280. The maximum Gasteiger partial charge on any atom is 0.131 e. The molecule has 0 amide bonds. The molecule has 0 aromatic heterocycles. The molecule has 0 aliphatic heterocycles. The molecule has 1 radical (unpaired) electrons. The Hall–Kier alpha value is -0.850. The summed E-state index contributed by atoms with van der Waals surface area (Å²) in [4.78, 5) is 0. The van der Waals surface area contributed by atoms with Gasteiger partial charge in [-0.25, -0.2) is 4.39 Å². The smallest absolute Gasteiger partial charge is 0.131 e. The number of halogens is 1. The fraction of sp³-hybridized carbons (Fsp3) is 0.250. The number of hydrogen-bond donors (Lipinski definition) is 0. The summed E-state index contributed by atoms with van der Waals surface area (Å²) < 4.78 is 12.3. The second kappa shape index (κ2) is 2.18. The van der Waals surface area contributed by atoms with Crippen molar-refractivity contribution in [2.75, 3.05) is 0 Å². The van der Waals surface area contributed by atoms with Crippen LogP contribution in [0, 0.1) is 25.7 Å². The second-order valence-corrected chi connectivity index (χ2v) is 2.15. The molecule has 0 heterocycles. The van der Waals surface area contributed by atoms with Gasteiger partial charge >= 0.3 is 0 Å². The molecule has 0 spiro atoms. The highest BCUT2D eigenvalue weighted by molar-refractivity contribution is 5.23. The predicted octanol–water partition coefficient (Wildman–Crippen LogP) is 2.24. The standard InChI is InChI=1S/C8H8F/c1-6-3-4-8(9)5-7(6)2/h3,5H,1-2H3. The van der Waals surface area contributed by atoms with Crippen molar-refractivity contribution in [3.8, 4) is 0 Å². The van der Waals surface area contributed by atoms with Crippen LogP contribution in [0.5, 0.6) is 0 Å². The van der Waals surface area contributed by atoms with E-state index < -0.39 is 0 Å². The van der Waals surface area contributed by atoms with Crippen molar-refractivity contribution < 1.29 is 4.39 Å². The van der Waals surface area contributed by atoms with Gasteiger partial charge < -0.3 is 0 Å². The first-order valence-corrected chi connectivity index (χ1v) is 2.84. The summed E-state index contributed by atoms with van der Waals surface area (Å²) in [5.41, 5.74) is 2.06. The first-order chi connectivity index (χ1) is 4.20. The van der Waals surface area contributed by atoms with Gasteiger partial charge in [0.1, 0.15) is 5.82 Å². The van der Waals surface area contributed by atoms with Crippen LogP contribution in [0.4, 0.5) is 4.39 Å². The van der Waals surface area contributed by atoms with Crippen molar-refractivity contribution in [1.82, 2.24) is 0 Å². The number of benzene rings is 1. The van der Waals surface area contributed by atoms with Crippen LogP contribution in [0.1, 0.15) is 11.1 Å². The monoisotopic (exact) mass is 123 g/mol. The maximum atomic E-state index is 12.3. The van der Waals surface area contributed by atoms with E-state index in [4.69, 9.17) is 0 Å². The predicted molar refractivity (Wildman–Crippen MR) is 34.7 cm³/mol. The Bertz CT molecular complexity index is 216. The fourth-order valence-electron chi connectivity index (χ4n) is 0.637. The third-order valence-electron chi connectivity index (χ3n) is 1.39. The van der Waals surface area contributed by atoms with E-state index in [0.717, 1.165) is 11.1 Å². The molecular weight excluding hydrogens is 115 g/mol. The molecule has 0 aliphatic carbocycles. The van der Waals surface area contributed by atoms with Crippen LogP contribution in [-0.2, 0) is 0 Å². The van der Waals surface area contributed by atoms with E-state index in [9.17, 15) is 4.39 Å². The molecule has 1 heteroatoms. The maximum absolute atomic E-state index is 12.3. The van der Waals surface area contributed by atoms with Gasteiger partial charge in [-0.05, 0) is 37.1 Å². The molecule has 1 aromatic rings. The van der Waals surface area contributed by atoms with E-state index in [1.54, 1.807) is 6.07 Å². The fourth-order valence-corrected chi connectivity index (χ4v) is 0.637. The molecule has 1 rings (SSSR count). The van der Waals surface area contributed by atoms with Crippen LogP contribution in [-0.4, -0.2) is 0 Å². The molecule has 47 valence electrons. The molecule has 9 heavy (non-hydrogen) atoms. The second-order valence-electron chi connectivity index (χ2n) is 2.15. The van der Waals surface area contributed by atoms with E-state index in [1.807, 2.05) is 13.8 Å². The minimum Gasteiger partial charge on any atom is -0.206 e. The number of rotatable bonds is 0. The number of aryl methyl sites for hydroxylation is 2. The molecule has 0 atom stereocenters. The molecule has 1 aromatic carbocycles. The Kier molecular flexibility index (Phi) is 1.52. The molecule has 0 saturated carbocycles. The zero-order valence-electron chi connectivity index (χ0n) is 5.53. The largest absolute Gasteiger partial charge is 0.206 e. The molecule has 0 saturated heterocycles. The Morgan fingerprint density at radius 3 is 2.44 bits per heavy atom. The van der Waals surface area contributed by atoms with E-state index in [2.05, 4.69) is 6.07 Å². The zero-order valence-corrected chi connectivity index (χ0v) is 5.53. The van der Waals surface area contributed by atoms with E-state index in [1.165, 1.54) is 6.07 Å². The summed E-state index contributed by atoms with van der Waals surface area (Å²) >= 11 is 0. The lowest BCUT2D eigenvalue weighted by Crippen LogP contribution is -1.81. The van der Waals surface area contributed by atoms with Gasteiger partial charge in [0.2, 0.25) is 0 Å². The van der Waals surface area contributed by atoms with E-state index in [0.29, 0.717) is 0 Å². The highest BCUT2D eigenvalue weighted by Crippen LogP contribution is 2.06. The zero-order chi connectivity index (χ0) is 6.85. The van der Waals surface area contributed by atoms with Gasteiger partial charge in [0.15, 0.2) is 0 Å². The molecule has 0 nitrogen and oxygen atoms in total. The van der Waals surface area contributed by atoms with Crippen molar-refractivity contribution >= 4 is 0 Å². The Labute approximate surface area is 54.3 Å².